The minimum absolute atomic E-state index is 0.262. The third-order valence-electron chi connectivity index (χ3n) is 3.93. The van der Waals surface area contributed by atoms with Crippen LogP contribution >= 0.6 is 0 Å². The zero-order chi connectivity index (χ0) is 13.6. The molecule has 0 radical (unpaired) electrons. The van der Waals surface area contributed by atoms with E-state index in [0.29, 0.717) is 24.3 Å². The first-order valence-corrected chi connectivity index (χ1v) is 8.96. The molecule has 0 aliphatic carbocycles. The Hall–Kier alpha value is -0.130. The maximum Gasteiger partial charge on any atom is 0.151 e. The molecule has 0 amide bonds. The monoisotopic (exact) mass is 276 g/mol. The molecular formula is C13H28N2O2S. The Labute approximate surface area is 112 Å². The zero-order valence-electron chi connectivity index (χ0n) is 12.0. The van der Waals surface area contributed by atoms with Crippen LogP contribution in [0.3, 0.4) is 0 Å². The van der Waals surface area contributed by atoms with Crippen molar-refractivity contribution in [3.63, 3.8) is 0 Å². The summed E-state index contributed by atoms with van der Waals surface area (Å²) >= 11 is 0. The van der Waals surface area contributed by atoms with E-state index in [1.54, 1.807) is 6.92 Å². The number of nitrogens with zero attached hydrogens (tertiary/aromatic N) is 1. The van der Waals surface area contributed by atoms with Crippen LogP contribution in [0.15, 0.2) is 0 Å². The fraction of sp³-hybridized carbons (Fsp3) is 1.00. The van der Waals surface area contributed by atoms with Crippen LogP contribution in [0.2, 0.25) is 0 Å². The van der Waals surface area contributed by atoms with Gasteiger partial charge < -0.3 is 10.2 Å². The lowest BCUT2D eigenvalue weighted by Gasteiger charge is -2.36. The van der Waals surface area contributed by atoms with Crippen LogP contribution in [0, 0.1) is 5.92 Å². The molecule has 5 heteroatoms. The van der Waals surface area contributed by atoms with Crippen LogP contribution in [0.25, 0.3) is 0 Å². The molecule has 0 aromatic rings. The van der Waals surface area contributed by atoms with Gasteiger partial charge in [-0.1, -0.05) is 13.8 Å². The van der Waals surface area contributed by atoms with E-state index in [9.17, 15) is 8.42 Å². The van der Waals surface area contributed by atoms with Crippen molar-refractivity contribution >= 4 is 9.84 Å². The van der Waals surface area contributed by atoms with Gasteiger partial charge in [-0.2, -0.15) is 0 Å². The molecule has 1 saturated heterocycles. The Kier molecular flexibility index (Phi) is 6.60. The molecule has 1 N–H and O–H groups in total. The van der Waals surface area contributed by atoms with E-state index < -0.39 is 9.84 Å². The van der Waals surface area contributed by atoms with E-state index in [1.165, 1.54) is 12.8 Å². The molecule has 2 atom stereocenters. The molecule has 2 unspecified atom stereocenters. The van der Waals surface area contributed by atoms with Crippen molar-refractivity contribution in [3.8, 4) is 0 Å². The van der Waals surface area contributed by atoms with Crippen molar-refractivity contribution in [2.45, 2.75) is 39.7 Å². The fourth-order valence-electron chi connectivity index (χ4n) is 2.60. The number of piperidine rings is 1. The first-order valence-electron chi connectivity index (χ1n) is 7.14. The number of sulfone groups is 1. The number of likely N-dealkylation sites (tertiary alicyclic amines) is 1. The van der Waals surface area contributed by atoms with Gasteiger partial charge in [-0.15, -0.1) is 0 Å². The van der Waals surface area contributed by atoms with E-state index in [-0.39, 0.29) is 5.75 Å². The highest BCUT2D eigenvalue weighted by atomic mass is 32.2. The first kappa shape index (κ1) is 15.9. The van der Waals surface area contributed by atoms with Crippen LogP contribution in [0.4, 0.5) is 0 Å². The average molecular weight is 276 g/mol. The quantitative estimate of drug-likeness (QED) is 0.757. The highest BCUT2D eigenvalue weighted by molar-refractivity contribution is 7.91. The molecule has 1 heterocycles. The lowest BCUT2D eigenvalue weighted by atomic mass is 9.91. The topological polar surface area (TPSA) is 49.4 Å². The lowest BCUT2D eigenvalue weighted by molar-refractivity contribution is 0.158. The molecular weight excluding hydrogens is 248 g/mol. The van der Waals surface area contributed by atoms with E-state index in [4.69, 9.17) is 0 Å². The molecule has 0 bridgehead atoms. The Morgan fingerprint density at radius 1 is 1.39 bits per heavy atom. The number of hydrogen-bond acceptors (Lipinski definition) is 4. The SMILES string of the molecule is CCNC(C)C1CCCN(CCS(=O)(=O)CC)C1. The second-order valence-electron chi connectivity index (χ2n) is 5.29. The summed E-state index contributed by atoms with van der Waals surface area (Å²) in [5.74, 6) is 1.23. The van der Waals surface area contributed by atoms with Gasteiger partial charge in [0.15, 0.2) is 9.84 Å². The summed E-state index contributed by atoms with van der Waals surface area (Å²) in [5, 5.41) is 3.47. The molecule has 0 spiro atoms. The summed E-state index contributed by atoms with van der Waals surface area (Å²) in [6.07, 6.45) is 2.44. The van der Waals surface area contributed by atoms with Crippen molar-refractivity contribution in [1.82, 2.24) is 10.2 Å². The summed E-state index contributed by atoms with van der Waals surface area (Å²) in [4.78, 5) is 2.31. The predicted octanol–water partition coefficient (Wildman–Crippen LogP) is 1.13. The standard InChI is InChI=1S/C13H28N2O2S/c1-4-14-12(3)13-7-6-8-15(11-13)9-10-18(16,17)5-2/h12-14H,4-11H2,1-3H3. The smallest absolute Gasteiger partial charge is 0.151 e. The highest BCUT2D eigenvalue weighted by Crippen LogP contribution is 2.19. The van der Waals surface area contributed by atoms with E-state index in [0.717, 1.165) is 19.6 Å². The van der Waals surface area contributed by atoms with Gasteiger partial charge in [0.25, 0.3) is 0 Å². The van der Waals surface area contributed by atoms with Gasteiger partial charge in [0, 0.05) is 24.9 Å². The largest absolute Gasteiger partial charge is 0.314 e. The Balaban J connectivity index is 2.39. The molecule has 1 fully saturated rings. The van der Waals surface area contributed by atoms with Crippen molar-refractivity contribution in [2.75, 3.05) is 37.7 Å². The third kappa shape index (κ3) is 5.24. The maximum atomic E-state index is 11.5. The van der Waals surface area contributed by atoms with Gasteiger partial charge in [0.05, 0.1) is 5.75 Å². The average Bonchev–Trinajstić information content (AvgIpc) is 2.37. The minimum Gasteiger partial charge on any atom is -0.314 e. The second-order valence-corrected chi connectivity index (χ2v) is 7.76. The number of nitrogens with one attached hydrogen (secondary N) is 1. The third-order valence-corrected chi connectivity index (χ3v) is 5.62. The Morgan fingerprint density at radius 3 is 2.72 bits per heavy atom. The second kappa shape index (κ2) is 7.46. The Morgan fingerprint density at radius 2 is 2.11 bits per heavy atom. The van der Waals surface area contributed by atoms with Crippen LogP contribution in [0.5, 0.6) is 0 Å². The van der Waals surface area contributed by atoms with Gasteiger partial charge in [-0.25, -0.2) is 8.42 Å². The van der Waals surface area contributed by atoms with Crippen molar-refractivity contribution in [1.29, 1.82) is 0 Å². The van der Waals surface area contributed by atoms with E-state index in [2.05, 4.69) is 24.1 Å². The summed E-state index contributed by atoms with van der Waals surface area (Å²) in [7, 11) is -2.82. The molecule has 1 aliphatic rings. The summed E-state index contributed by atoms with van der Waals surface area (Å²) in [5.41, 5.74) is 0. The summed E-state index contributed by atoms with van der Waals surface area (Å²) in [6.45, 7) is 9.88. The predicted molar refractivity (Wildman–Crippen MR) is 76.6 cm³/mol. The van der Waals surface area contributed by atoms with Crippen LogP contribution in [-0.4, -0.2) is 57.0 Å². The van der Waals surface area contributed by atoms with Gasteiger partial charge in [0.1, 0.15) is 0 Å². The van der Waals surface area contributed by atoms with E-state index in [1.807, 2.05) is 0 Å². The maximum absolute atomic E-state index is 11.5. The minimum atomic E-state index is -2.82. The normalized spacial score (nSPS) is 24.1. The van der Waals surface area contributed by atoms with Crippen molar-refractivity contribution in [2.24, 2.45) is 5.92 Å². The molecule has 18 heavy (non-hydrogen) atoms. The van der Waals surface area contributed by atoms with Gasteiger partial charge in [-0.3, -0.25) is 0 Å². The zero-order valence-corrected chi connectivity index (χ0v) is 12.8. The molecule has 1 rings (SSSR count). The molecule has 0 saturated carbocycles. The van der Waals surface area contributed by atoms with Crippen LogP contribution in [-0.2, 0) is 9.84 Å². The first-order chi connectivity index (χ1) is 8.48. The molecule has 108 valence electrons. The molecule has 0 aromatic heterocycles. The van der Waals surface area contributed by atoms with Crippen LogP contribution in [0.1, 0.15) is 33.6 Å². The highest BCUT2D eigenvalue weighted by Gasteiger charge is 2.24. The molecule has 1 aliphatic heterocycles. The lowest BCUT2D eigenvalue weighted by Crippen LogP contribution is -2.45. The fourth-order valence-corrected chi connectivity index (χ4v) is 3.43. The van der Waals surface area contributed by atoms with Gasteiger partial charge >= 0.3 is 0 Å². The number of hydrogen-bond donors (Lipinski definition) is 1. The van der Waals surface area contributed by atoms with Gasteiger partial charge in [0.2, 0.25) is 0 Å². The van der Waals surface area contributed by atoms with E-state index >= 15 is 0 Å². The van der Waals surface area contributed by atoms with Crippen molar-refractivity contribution < 1.29 is 8.42 Å². The summed E-state index contributed by atoms with van der Waals surface area (Å²) < 4.78 is 23.0. The van der Waals surface area contributed by atoms with Crippen molar-refractivity contribution in [3.05, 3.63) is 0 Å². The Bertz CT molecular complexity index is 330. The molecule has 0 aromatic carbocycles. The summed E-state index contributed by atoms with van der Waals surface area (Å²) in [6, 6.07) is 0.528. The molecule has 4 nitrogen and oxygen atoms in total. The number of rotatable bonds is 7. The van der Waals surface area contributed by atoms with Gasteiger partial charge in [-0.05, 0) is 38.8 Å². The van der Waals surface area contributed by atoms with Crippen LogP contribution < -0.4 is 5.32 Å².